The van der Waals surface area contributed by atoms with Crippen LogP contribution < -0.4 is 0 Å². The van der Waals surface area contributed by atoms with E-state index >= 15 is 0 Å². The van der Waals surface area contributed by atoms with Crippen molar-refractivity contribution in [2.45, 2.75) is 45.1 Å². The highest BCUT2D eigenvalue weighted by Crippen LogP contribution is 2.28. The quantitative estimate of drug-likeness (QED) is 0.727. The van der Waals surface area contributed by atoms with Crippen molar-refractivity contribution in [1.29, 1.82) is 0 Å². The van der Waals surface area contributed by atoms with Gasteiger partial charge in [0.2, 0.25) is 5.91 Å². The minimum atomic E-state index is 0.325. The van der Waals surface area contributed by atoms with E-state index in [9.17, 15) is 4.79 Å². The summed E-state index contributed by atoms with van der Waals surface area (Å²) in [5.74, 6) is 0.928. The minimum absolute atomic E-state index is 0.325. The van der Waals surface area contributed by atoms with E-state index < -0.39 is 0 Å². The second-order valence-electron chi connectivity index (χ2n) is 7.33. The van der Waals surface area contributed by atoms with Crippen molar-refractivity contribution in [3.8, 4) is 0 Å². The Morgan fingerprint density at radius 1 is 1.20 bits per heavy atom. The van der Waals surface area contributed by atoms with Gasteiger partial charge in [-0.15, -0.1) is 0 Å². The molecule has 0 atom stereocenters. The van der Waals surface area contributed by atoms with E-state index in [0.717, 1.165) is 52.2 Å². The van der Waals surface area contributed by atoms with E-state index in [2.05, 4.69) is 14.8 Å². The first-order valence-electron chi connectivity index (χ1n) is 9.78. The summed E-state index contributed by atoms with van der Waals surface area (Å²) in [4.78, 5) is 21.4. The summed E-state index contributed by atoms with van der Waals surface area (Å²) in [6.07, 6.45) is 10.4. The Kier molecular flexibility index (Phi) is 7.24. The SMILES string of the molecule is O=C(CC1CCCC1)N(CCCN1CCOCC1)Cc1ccncc1. The molecule has 1 saturated carbocycles. The van der Waals surface area contributed by atoms with E-state index in [-0.39, 0.29) is 0 Å². The lowest BCUT2D eigenvalue weighted by Crippen LogP contribution is -2.39. The molecule has 3 rings (SSSR count). The van der Waals surface area contributed by atoms with E-state index in [0.29, 0.717) is 18.4 Å². The number of amides is 1. The van der Waals surface area contributed by atoms with Crippen molar-refractivity contribution in [1.82, 2.24) is 14.8 Å². The summed E-state index contributed by atoms with van der Waals surface area (Å²) >= 11 is 0. The Morgan fingerprint density at radius 2 is 1.92 bits per heavy atom. The average Bonchev–Trinajstić information content (AvgIpc) is 3.15. The van der Waals surface area contributed by atoms with Crippen LogP contribution in [0.15, 0.2) is 24.5 Å². The summed E-state index contributed by atoms with van der Waals surface area (Å²) in [5.41, 5.74) is 1.17. The van der Waals surface area contributed by atoms with Gasteiger partial charge in [-0.25, -0.2) is 0 Å². The lowest BCUT2D eigenvalue weighted by molar-refractivity contribution is -0.133. The highest BCUT2D eigenvalue weighted by atomic mass is 16.5. The van der Waals surface area contributed by atoms with Crippen molar-refractivity contribution in [3.63, 3.8) is 0 Å². The van der Waals surface area contributed by atoms with Gasteiger partial charge in [-0.2, -0.15) is 0 Å². The summed E-state index contributed by atoms with van der Waals surface area (Å²) in [6.45, 7) is 6.29. The predicted octanol–water partition coefficient (Wildman–Crippen LogP) is 2.71. The number of morpholine rings is 1. The molecule has 1 aliphatic heterocycles. The standard InChI is InChI=1S/C20H31N3O2/c24-20(16-18-4-1-2-5-18)23(17-19-6-8-21-9-7-19)11-3-10-22-12-14-25-15-13-22/h6-9,18H,1-5,10-17H2. The third-order valence-corrected chi connectivity index (χ3v) is 5.42. The summed E-state index contributed by atoms with van der Waals surface area (Å²) < 4.78 is 5.41. The van der Waals surface area contributed by atoms with Crippen LogP contribution in [0.25, 0.3) is 0 Å². The number of aromatic nitrogens is 1. The fraction of sp³-hybridized carbons (Fsp3) is 0.700. The van der Waals surface area contributed by atoms with Crippen LogP contribution >= 0.6 is 0 Å². The van der Waals surface area contributed by atoms with Gasteiger partial charge < -0.3 is 9.64 Å². The van der Waals surface area contributed by atoms with E-state index in [1.54, 1.807) is 0 Å². The van der Waals surface area contributed by atoms with Crippen LogP contribution in [0.1, 0.15) is 44.1 Å². The highest BCUT2D eigenvalue weighted by Gasteiger charge is 2.22. The number of ether oxygens (including phenoxy) is 1. The summed E-state index contributed by atoms with van der Waals surface area (Å²) in [6, 6.07) is 4.02. The van der Waals surface area contributed by atoms with Crippen LogP contribution in [0.2, 0.25) is 0 Å². The average molecular weight is 345 g/mol. The van der Waals surface area contributed by atoms with Gasteiger partial charge in [0.25, 0.3) is 0 Å². The molecule has 1 saturated heterocycles. The largest absolute Gasteiger partial charge is 0.379 e. The monoisotopic (exact) mass is 345 g/mol. The first kappa shape index (κ1) is 18.3. The molecule has 5 nitrogen and oxygen atoms in total. The molecule has 2 fully saturated rings. The fourth-order valence-electron chi connectivity index (χ4n) is 3.90. The molecule has 2 aliphatic rings. The molecule has 1 amide bonds. The van der Waals surface area contributed by atoms with Gasteiger partial charge in [0.05, 0.1) is 13.2 Å². The molecule has 0 spiro atoms. The smallest absolute Gasteiger partial charge is 0.223 e. The molecular formula is C20H31N3O2. The van der Waals surface area contributed by atoms with Crippen molar-refractivity contribution in [2.75, 3.05) is 39.4 Å². The molecule has 0 unspecified atom stereocenters. The van der Waals surface area contributed by atoms with Crippen molar-refractivity contribution >= 4 is 5.91 Å². The molecule has 1 aromatic rings. The Balaban J connectivity index is 1.52. The third kappa shape index (κ3) is 6.08. The maximum absolute atomic E-state index is 12.9. The van der Waals surface area contributed by atoms with Crippen LogP contribution in [-0.2, 0) is 16.1 Å². The number of carbonyl (C=O) groups is 1. The molecule has 2 heterocycles. The molecule has 5 heteroatoms. The zero-order chi connectivity index (χ0) is 17.3. The third-order valence-electron chi connectivity index (χ3n) is 5.42. The van der Waals surface area contributed by atoms with Crippen molar-refractivity contribution < 1.29 is 9.53 Å². The molecule has 0 bridgehead atoms. The maximum Gasteiger partial charge on any atom is 0.223 e. The number of nitrogens with zero attached hydrogens (tertiary/aromatic N) is 3. The maximum atomic E-state index is 12.9. The van der Waals surface area contributed by atoms with Gasteiger partial charge in [-0.3, -0.25) is 14.7 Å². The van der Waals surface area contributed by atoms with E-state index in [4.69, 9.17) is 4.74 Å². The zero-order valence-electron chi connectivity index (χ0n) is 15.2. The highest BCUT2D eigenvalue weighted by molar-refractivity contribution is 5.76. The van der Waals surface area contributed by atoms with Crippen LogP contribution in [-0.4, -0.2) is 60.1 Å². The predicted molar refractivity (Wildman–Crippen MR) is 98.1 cm³/mol. The van der Waals surface area contributed by atoms with Crippen LogP contribution in [0.3, 0.4) is 0 Å². The summed E-state index contributed by atoms with van der Waals surface area (Å²) in [5, 5.41) is 0. The molecular weight excluding hydrogens is 314 g/mol. The zero-order valence-corrected chi connectivity index (χ0v) is 15.2. The van der Waals surface area contributed by atoms with Crippen LogP contribution in [0.4, 0.5) is 0 Å². The number of rotatable bonds is 8. The molecule has 1 aromatic heterocycles. The van der Waals surface area contributed by atoms with Crippen LogP contribution in [0, 0.1) is 5.92 Å². The Hall–Kier alpha value is -1.46. The second-order valence-corrected chi connectivity index (χ2v) is 7.33. The molecule has 0 radical (unpaired) electrons. The van der Waals surface area contributed by atoms with Gasteiger partial charge in [0, 0.05) is 51.5 Å². The number of hydrogen-bond acceptors (Lipinski definition) is 4. The first-order valence-corrected chi connectivity index (χ1v) is 9.78. The lowest BCUT2D eigenvalue weighted by atomic mass is 10.0. The topological polar surface area (TPSA) is 45.7 Å². The fourth-order valence-corrected chi connectivity index (χ4v) is 3.90. The van der Waals surface area contributed by atoms with E-state index in [1.165, 1.54) is 31.2 Å². The van der Waals surface area contributed by atoms with Gasteiger partial charge in [-0.05, 0) is 42.9 Å². The second kappa shape index (κ2) is 9.88. The number of carbonyl (C=O) groups excluding carboxylic acids is 1. The lowest BCUT2D eigenvalue weighted by Gasteiger charge is -2.29. The van der Waals surface area contributed by atoms with Gasteiger partial charge in [0.1, 0.15) is 0 Å². The van der Waals surface area contributed by atoms with Gasteiger partial charge >= 0.3 is 0 Å². The Labute approximate surface area is 151 Å². The Bertz CT molecular complexity index is 511. The molecule has 25 heavy (non-hydrogen) atoms. The van der Waals surface area contributed by atoms with Crippen molar-refractivity contribution in [2.24, 2.45) is 5.92 Å². The molecule has 0 N–H and O–H groups in total. The molecule has 138 valence electrons. The van der Waals surface area contributed by atoms with Crippen LogP contribution in [0.5, 0.6) is 0 Å². The number of pyridine rings is 1. The van der Waals surface area contributed by atoms with E-state index in [1.807, 2.05) is 24.5 Å². The number of hydrogen-bond donors (Lipinski definition) is 0. The minimum Gasteiger partial charge on any atom is -0.379 e. The van der Waals surface area contributed by atoms with Gasteiger partial charge in [0.15, 0.2) is 0 Å². The van der Waals surface area contributed by atoms with Crippen molar-refractivity contribution in [3.05, 3.63) is 30.1 Å². The normalized spacial score (nSPS) is 19.2. The Morgan fingerprint density at radius 3 is 2.64 bits per heavy atom. The summed E-state index contributed by atoms with van der Waals surface area (Å²) in [7, 11) is 0. The van der Waals surface area contributed by atoms with Gasteiger partial charge in [-0.1, -0.05) is 12.8 Å². The molecule has 1 aliphatic carbocycles. The molecule has 0 aromatic carbocycles. The first-order chi connectivity index (χ1) is 12.3.